The maximum Gasteiger partial charge on any atom is 0.267 e. The Balaban J connectivity index is 2.25. The normalized spacial score (nSPS) is 21.1. The zero-order valence-corrected chi connectivity index (χ0v) is 9.52. The van der Waals surface area contributed by atoms with Gasteiger partial charge in [-0.05, 0) is 24.3 Å². The number of rotatable bonds is 1. The van der Waals surface area contributed by atoms with Gasteiger partial charge in [0.2, 0.25) is 5.60 Å². The lowest BCUT2D eigenvalue weighted by Gasteiger charge is -2.20. The zero-order chi connectivity index (χ0) is 13.6. The van der Waals surface area contributed by atoms with Crippen LogP contribution in [-0.4, -0.2) is 16.0 Å². The van der Waals surface area contributed by atoms with Gasteiger partial charge in [-0.1, -0.05) is 6.07 Å². The predicted molar refractivity (Wildman–Crippen MR) is 62.2 cm³/mol. The molecule has 6 heteroatoms. The molecule has 0 spiro atoms. The van der Waals surface area contributed by atoms with Gasteiger partial charge in [-0.3, -0.25) is 9.78 Å². The maximum atomic E-state index is 13.9. The smallest absolute Gasteiger partial charge is 0.267 e. The van der Waals surface area contributed by atoms with Gasteiger partial charge in [0, 0.05) is 0 Å². The molecule has 0 aliphatic carbocycles. The minimum absolute atomic E-state index is 0.129. The first-order valence-corrected chi connectivity index (χ1v) is 5.48. The van der Waals surface area contributed by atoms with Gasteiger partial charge in [-0.15, -0.1) is 0 Å². The summed E-state index contributed by atoms with van der Waals surface area (Å²) in [6.45, 7) is 0. The fraction of sp³-hybridized carbons (Fsp3) is 0.0769. The van der Waals surface area contributed by atoms with Gasteiger partial charge >= 0.3 is 0 Å². The van der Waals surface area contributed by atoms with Crippen LogP contribution in [0, 0.1) is 11.6 Å². The molecule has 19 heavy (non-hydrogen) atoms. The van der Waals surface area contributed by atoms with Gasteiger partial charge in [-0.2, -0.15) is 0 Å². The van der Waals surface area contributed by atoms with E-state index in [9.17, 15) is 18.7 Å². The highest BCUT2D eigenvalue weighted by Gasteiger charge is 2.50. The molecule has 1 atom stereocenters. The Kier molecular flexibility index (Phi) is 2.36. The lowest BCUT2D eigenvalue weighted by atomic mass is 9.91. The molecule has 0 saturated carbocycles. The Morgan fingerprint density at radius 3 is 2.68 bits per heavy atom. The number of pyridine rings is 1. The highest BCUT2D eigenvalue weighted by atomic mass is 19.1. The molecule has 1 unspecified atom stereocenters. The topological polar surface area (TPSA) is 62.2 Å². The number of hydrogen-bond donors (Lipinski definition) is 2. The summed E-state index contributed by atoms with van der Waals surface area (Å²) in [6.07, 6.45) is 0.861. The van der Waals surface area contributed by atoms with E-state index in [0.29, 0.717) is 0 Å². The minimum atomic E-state index is -2.24. The number of carbonyl (C=O) groups excluding carboxylic acids is 1. The van der Waals surface area contributed by atoms with E-state index >= 15 is 0 Å². The summed E-state index contributed by atoms with van der Waals surface area (Å²) in [5, 5.41) is 12.9. The largest absolute Gasteiger partial charge is 0.370 e. The Labute approximate surface area is 106 Å². The van der Waals surface area contributed by atoms with Crippen LogP contribution in [0.2, 0.25) is 0 Å². The second-order valence-electron chi connectivity index (χ2n) is 4.19. The second-order valence-corrected chi connectivity index (χ2v) is 4.19. The third kappa shape index (κ3) is 1.53. The van der Waals surface area contributed by atoms with Crippen molar-refractivity contribution in [2.24, 2.45) is 0 Å². The Morgan fingerprint density at radius 2 is 2.00 bits per heavy atom. The van der Waals surface area contributed by atoms with Gasteiger partial charge in [0.25, 0.3) is 5.91 Å². The van der Waals surface area contributed by atoms with E-state index in [-0.39, 0.29) is 16.9 Å². The number of anilines is 1. The van der Waals surface area contributed by atoms with Crippen LogP contribution in [0.1, 0.15) is 11.3 Å². The predicted octanol–water partition coefficient (Wildman–Crippen LogP) is 1.55. The summed E-state index contributed by atoms with van der Waals surface area (Å²) < 4.78 is 26.7. The highest BCUT2D eigenvalue weighted by Crippen LogP contribution is 2.41. The van der Waals surface area contributed by atoms with Gasteiger partial charge in [-0.25, -0.2) is 8.78 Å². The Bertz CT molecular complexity index is 673. The van der Waals surface area contributed by atoms with E-state index in [0.717, 1.165) is 24.4 Å². The molecule has 1 aliphatic rings. The summed E-state index contributed by atoms with van der Waals surface area (Å²) in [4.78, 5) is 15.6. The van der Waals surface area contributed by atoms with E-state index in [4.69, 9.17) is 0 Å². The second kappa shape index (κ2) is 3.83. The fourth-order valence-corrected chi connectivity index (χ4v) is 2.16. The number of carbonyl (C=O) groups is 1. The van der Waals surface area contributed by atoms with Crippen molar-refractivity contribution < 1.29 is 18.7 Å². The summed E-state index contributed by atoms with van der Waals surface area (Å²) in [5.41, 5.74) is -2.39. The molecular weight excluding hydrogens is 254 g/mol. The molecule has 2 heterocycles. The minimum Gasteiger partial charge on any atom is -0.370 e. The number of hydrogen-bond acceptors (Lipinski definition) is 3. The Hall–Kier alpha value is -2.34. The quantitative estimate of drug-likeness (QED) is 0.819. The summed E-state index contributed by atoms with van der Waals surface area (Å²) >= 11 is 0. The molecular formula is C13H8F2N2O2. The van der Waals surface area contributed by atoms with Crippen molar-refractivity contribution in [3.8, 4) is 0 Å². The van der Waals surface area contributed by atoms with Gasteiger partial charge in [0.05, 0.1) is 23.1 Å². The number of halogens is 2. The average Bonchev–Trinajstić information content (AvgIpc) is 2.64. The first-order chi connectivity index (χ1) is 9.03. The fourth-order valence-electron chi connectivity index (χ4n) is 2.16. The summed E-state index contributed by atoms with van der Waals surface area (Å²) in [5.74, 6) is -2.16. The van der Waals surface area contributed by atoms with E-state index in [2.05, 4.69) is 10.3 Å². The SMILES string of the molecule is O=C1Nc2cccc(F)c2C1(O)c1ccc(F)cn1. The highest BCUT2D eigenvalue weighted by molar-refractivity contribution is 6.07. The van der Waals surface area contributed by atoms with E-state index < -0.39 is 23.1 Å². The molecule has 0 saturated heterocycles. The van der Waals surface area contributed by atoms with Crippen molar-refractivity contribution >= 4 is 11.6 Å². The summed E-state index contributed by atoms with van der Waals surface area (Å²) in [6, 6.07) is 6.21. The lowest BCUT2D eigenvalue weighted by molar-refractivity contribution is -0.130. The third-order valence-corrected chi connectivity index (χ3v) is 3.05. The third-order valence-electron chi connectivity index (χ3n) is 3.05. The molecule has 4 nitrogen and oxygen atoms in total. The van der Waals surface area contributed by atoms with Crippen molar-refractivity contribution in [2.45, 2.75) is 5.60 Å². The van der Waals surface area contributed by atoms with Crippen LogP contribution in [0.3, 0.4) is 0 Å². The first kappa shape index (κ1) is 11.7. The maximum absolute atomic E-state index is 13.9. The zero-order valence-electron chi connectivity index (χ0n) is 9.52. The Morgan fingerprint density at radius 1 is 1.21 bits per heavy atom. The van der Waals surface area contributed by atoms with Crippen LogP contribution in [0.4, 0.5) is 14.5 Å². The van der Waals surface area contributed by atoms with Crippen LogP contribution >= 0.6 is 0 Å². The number of nitrogens with one attached hydrogen (secondary N) is 1. The van der Waals surface area contributed by atoms with E-state index in [1.807, 2.05) is 0 Å². The van der Waals surface area contributed by atoms with Crippen LogP contribution in [0.25, 0.3) is 0 Å². The van der Waals surface area contributed by atoms with Gasteiger partial charge < -0.3 is 10.4 Å². The molecule has 1 aromatic heterocycles. The molecule has 2 aromatic rings. The van der Waals surface area contributed by atoms with Gasteiger partial charge in [0.15, 0.2) is 0 Å². The van der Waals surface area contributed by atoms with Crippen molar-refractivity contribution in [2.75, 3.05) is 5.32 Å². The molecule has 1 amide bonds. The number of aliphatic hydroxyl groups is 1. The molecule has 96 valence electrons. The molecule has 0 radical (unpaired) electrons. The van der Waals surface area contributed by atoms with Crippen molar-refractivity contribution in [1.29, 1.82) is 0 Å². The van der Waals surface area contributed by atoms with Crippen molar-refractivity contribution in [1.82, 2.24) is 4.98 Å². The first-order valence-electron chi connectivity index (χ1n) is 5.48. The standard InChI is InChI=1S/C13H8F2N2O2/c14-7-4-5-10(16-6-7)13(19)11-8(15)2-1-3-9(11)17-12(13)18/h1-6,19H,(H,17,18). The number of fused-ring (bicyclic) bond motifs is 1. The van der Waals surface area contributed by atoms with E-state index in [1.165, 1.54) is 12.1 Å². The molecule has 2 N–H and O–H groups in total. The number of nitrogens with zero attached hydrogens (tertiary/aromatic N) is 1. The summed E-state index contributed by atoms with van der Waals surface area (Å²) in [7, 11) is 0. The van der Waals surface area contributed by atoms with Crippen molar-refractivity contribution in [3.63, 3.8) is 0 Å². The monoisotopic (exact) mass is 262 g/mol. The number of benzene rings is 1. The van der Waals surface area contributed by atoms with Gasteiger partial charge in [0.1, 0.15) is 11.6 Å². The van der Waals surface area contributed by atoms with Crippen LogP contribution in [0.5, 0.6) is 0 Å². The lowest BCUT2D eigenvalue weighted by Crippen LogP contribution is -2.36. The molecule has 1 aliphatic heterocycles. The number of aromatic nitrogens is 1. The molecule has 0 bridgehead atoms. The van der Waals surface area contributed by atoms with Crippen LogP contribution < -0.4 is 5.32 Å². The molecule has 1 aromatic carbocycles. The van der Waals surface area contributed by atoms with E-state index in [1.54, 1.807) is 0 Å². The van der Waals surface area contributed by atoms with Crippen LogP contribution in [0.15, 0.2) is 36.5 Å². The van der Waals surface area contributed by atoms with Crippen molar-refractivity contribution in [3.05, 3.63) is 59.4 Å². The molecule has 3 rings (SSSR count). The average molecular weight is 262 g/mol. The van der Waals surface area contributed by atoms with Crippen LogP contribution in [-0.2, 0) is 10.4 Å². The number of amides is 1. The molecule has 0 fully saturated rings.